The maximum atomic E-state index is 12.2. The lowest BCUT2D eigenvalue weighted by molar-refractivity contribution is -0.443. The number of hydrogen-bond donors (Lipinski definition) is 0. The molecule has 0 spiro atoms. The van der Waals surface area contributed by atoms with E-state index in [0.717, 1.165) is 0 Å². The van der Waals surface area contributed by atoms with Gasteiger partial charge in [0.05, 0.1) is 0 Å². The number of halogens is 9. The summed E-state index contributed by atoms with van der Waals surface area (Å²) in [6, 6.07) is -0.333. The van der Waals surface area contributed by atoms with Gasteiger partial charge >= 0.3 is 22.1 Å². The predicted octanol–water partition coefficient (Wildman–Crippen LogP) is 3.38. The van der Waals surface area contributed by atoms with E-state index in [0.29, 0.717) is 0 Å². The van der Waals surface area contributed by atoms with Gasteiger partial charge in [-0.3, -0.25) is 0 Å². The van der Waals surface area contributed by atoms with Crippen LogP contribution in [0.15, 0.2) is 0 Å². The third-order valence-electron chi connectivity index (χ3n) is 1.09. The highest BCUT2D eigenvalue weighted by atomic mass is 127. The van der Waals surface area contributed by atoms with Crippen LogP contribution >= 0.6 is 22.6 Å². The molecule has 0 saturated heterocycles. The Hall–Kier alpha value is -0.380. The maximum absolute atomic E-state index is 12.2. The highest BCUT2D eigenvalue weighted by Gasteiger charge is 2.68. The van der Waals surface area contributed by atoms with Crippen LogP contribution in [0.3, 0.4) is 0 Å². The molecule has 0 bridgehead atoms. The lowest BCUT2D eigenvalue weighted by Crippen LogP contribution is -2.50. The molecule has 0 amide bonds. The lowest BCUT2D eigenvalue weighted by Gasteiger charge is -2.27. The average Bonchev–Trinajstić information content (AvgIpc) is 1.99. The summed E-state index contributed by atoms with van der Waals surface area (Å²) in [7, 11) is 0. The average molecular weight is 369 g/mol. The SMILES string of the molecule is N#CC(F)(F)C(F)(F)OC(F)(F)C(F)(F)I. The van der Waals surface area contributed by atoms with Gasteiger partial charge in [-0.15, -0.1) is 0 Å². The third kappa shape index (κ3) is 3.06. The van der Waals surface area contributed by atoms with Crippen molar-refractivity contribution in [1.82, 2.24) is 0 Å². The second-order valence-corrected chi connectivity index (χ2v) is 3.67. The number of alkyl halides is 9. The van der Waals surface area contributed by atoms with E-state index >= 15 is 0 Å². The summed E-state index contributed by atoms with van der Waals surface area (Å²) in [5.74, 6) is -5.65. The van der Waals surface area contributed by atoms with Gasteiger partial charge in [0.1, 0.15) is 6.07 Å². The van der Waals surface area contributed by atoms with Gasteiger partial charge in [-0.2, -0.15) is 40.4 Å². The van der Waals surface area contributed by atoms with Crippen LogP contribution in [-0.4, -0.2) is 22.1 Å². The van der Waals surface area contributed by atoms with Crippen molar-refractivity contribution >= 4 is 22.6 Å². The van der Waals surface area contributed by atoms with Crippen molar-refractivity contribution in [2.75, 3.05) is 0 Å². The normalized spacial score (nSPS) is 14.8. The molecule has 94 valence electrons. The van der Waals surface area contributed by atoms with E-state index in [9.17, 15) is 35.1 Å². The maximum Gasteiger partial charge on any atom is 0.438 e. The molecule has 0 unspecified atom stereocenters. The Bertz CT molecular complexity index is 305. The molecule has 16 heavy (non-hydrogen) atoms. The predicted molar refractivity (Wildman–Crippen MR) is 40.5 cm³/mol. The van der Waals surface area contributed by atoms with Crippen LogP contribution in [0, 0.1) is 11.3 Å². The molecule has 2 nitrogen and oxygen atoms in total. The molecule has 0 aromatic carbocycles. The summed E-state index contributed by atoms with van der Waals surface area (Å²) in [4.78, 5) is 0. The first kappa shape index (κ1) is 15.6. The fourth-order valence-electron chi connectivity index (χ4n) is 0.348. The summed E-state index contributed by atoms with van der Waals surface area (Å²) >= 11 is -0.270. The van der Waals surface area contributed by atoms with Crippen LogP contribution < -0.4 is 0 Å². The van der Waals surface area contributed by atoms with E-state index in [1.807, 2.05) is 4.74 Å². The first-order valence-electron chi connectivity index (χ1n) is 3.08. The Kier molecular flexibility index (Phi) is 4.03. The fraction of sp³-hybridized carbons (Fsp3) is 0.800. The highest BCUT2D eigenvalue weighted by Crippen LogP contribution is 2.47. The summed E-state index contributed by atoms with van der Waals surface area (Å²) in [6.07, 6.45) is -11.9. The van der Waals surface area contributed by atoms with Crippen molar-refractivity contribution in [3.8, 4) is 6.07 Å². The first-order chi connectivity index (χ1) is 6.77. The molecule has 0 aromatic rings. The van der Waals surface area contributed by atoms with Crippen LogP contribution in [0.25, 0.3) is 0 Å². The molecule has 0 N–H and O–H groups in total. The van der Waals surface area contributed by atoms with E-state index in [1.165, 1.54) is 0 Å². The summed E-state index contributed by atoms with van der Waals surface area (Å²) < 4.78 is 93.7. The van der Waals surface area contributed by atoms with Crippen LogP contribution in [0.2, 0.25) is 0 Å². The summed E-state index contributed by atoms with van der Waals surface area (Å²) in [6.45, 7) is 0. The largest absolute Gasteiger partial charge is 0.438 e. The van der Waals surface area contributed by atoms with E-state index in [-0.39, 0.29) is 28.7 Å². The van der Waals surface area contributed by atoms with Crippen LogP contribution in [0.4, 0.5) is 35.1 Å². The zero-order valence-corrected chi connectivity index (χ0v) is 8.91. The Morgan fingerprint density at radius 3 is 1.50 bits per heavy atom. The molecule has 0 aromatic heterocycles. The van der Waals surface area contributed by atoms with E-state index in [4.69, 9.17) is 5.26 Å². The Morgan fingerprint density at radius 1 is 0.875 bits per heavy atom. The molecular weight excluding hydrogens is 369 g/mol. The van der Waals surface area contributed by atoms with Crippen molar-refractivity contribution in [1.29, 1.82) is 5.26 Å². The molecule has 0 aliphatic carbocycles. The Labute approximate surface area is 96.3 Å². The minimum atomic E-state index is -6.04. The summed E-state index contributed by atoms with van der Waals surface area (Å²) in [5, 5.41) is 7.54. The molecule has 11 heteroatoms. The van der Waals surface area contributed by atoms with Crippen LogP contribution in [0.1, 0.15) is 0 Å². The minimum Gasteiger partial charge on any atom is -0.244 e. The van der Waals surface area contributed by atoms with E-state index in [2.05, 4.69) is 0 Å². The smallest absolute Gasteiger partial charge is 0.244 e. The number of nitrogens with zero attached hydrogens (tertiary/aromatic N) is 1. The first-order valence-corrected chi connectivity index (χ1v) is 4.16. The molecule has 0 aliphatic heterocycles. The van der Waals surface area contributed by atoms with Gasteiger partial charge in [0.2, 0.25) is 0 Å². The van der Waals surface area contributed by atoms with Crippen LogP contribution in [0.5, 0.6) is 0 Å². The fourth-order valence-corrected chi connectivity index (χ4v) is 0.458. The van der Waals surface area contributed by atoms with Crippen molar-refractivity contribution in [2.24, 2.45) is 0 Å². The second-order valence-electron chi connectivity index (χ2n) is 2.32. The number of hydrogen-bond acceptors (Lipinski definition) is 2. The number of nitriles is 1. The van der Waals surface area contributed by atoms with Crippen molar-refractivity contribution < 1.29 is 39.9 Å². The Morgan fingerprint density at radius 2 is 1.25 bits per heavy atom. The van der Waals surface area contributed by atoms with Crippen molar-refractivity contribution in [3.05, 3.63) is 0 Å². The van der Waals surface area contributed by atoms with Gasteiger partial charge in [0.15, 0.2) is 0 Å². The molecule has 0 fully saturated rings. The quantitative estimate of drug-likeness (QED) is 0.433. The van der Waals surface area contributed by atoms with Gasteiger partial charge < -0.3 is 0 Å². The zero-order valence-electron chi connectivity index (χ0n) is 6.76. The number of rotatable bonds is 4. The van der Waals surface area contributed by atoms with Gasteiger partial charge in [0.25, 0.3) is 0 Å². The topological polar surface area (TPSA) is 33.0 Å². The standard InChI is InChI=1S/C5F8INO/c6-2(7,1-15)4(10,11)16-5(12,13)3(8,9)14. The molecule has 0 aliphatic rings. The monoisotopic (exact) mass is 369 g/mol. The molecule has 0 radical (unpaired) electrons. The highest BCUT2D eigenvalue weighted by molar-refractivity contribution is 14.1. The van der Waals surface area contributed by atoms with Gasteiger partial charge in [0, 0.05) is 22.6 Å². The van der Waals surface area contributed by atoms with Gasteiger partial charge in [-0.05, 0) is 0 Å². The molecule has 0 atom stereocenters. The van der Waals surface area contributed by atoms with Gasteiger partial charge in [-0.1, -0.05) is 0 Å². The Balaban J connectivity index is 5.08. The van der Waals surface area contributed by atoms with E-state index < -0.39 is 22.1 Å². The van der Waals surface area contributed by atoms with Crippen LogP contribution in [-0.2, 0) is 4.74 Å². The molecular formula is C5F8INO. The van der Waals surface area contributed by atoms with Crippen molar-refractivity contribution in [3.63, 3.8) is 0 Å². The minimum absolute atomic E-state index is 0.270. The van der Waals surface area contributed by atoms with Crippen molar-refractivity contribution in [2.45, 2.75) is 22.1 Å². The van der Waals surface area contributed by atoms with E-state index in [1.54, 1.807) is 0 Å². The zero-order chi connectivity index (χ0) is 13.4. The molecule has 0 rings (SSSR count). The third-order valence-corrected chi connectivity index (χ3v) is 1.72. The molecule has 0 heterocycles. The molecule has 0 saturated carbocycles. The lowest BCUT2D eigenvalue weighted by atomic mass is 10.3. The van der Waals surface area contributed by atoms with Gasteiger partial charge in [-0.25, -0.2) is 4.74 Å². The second kappa shape index (κ2) is 4.13. The number of ether oxygens (including phenoxy) is 1. The summed E-state index contributed by atoms with van der Waals surface area (Å²) in [5.41, 5.74) is 0.